The minimum Gasteiger partial charge on any atom is -0.623 e. The zero-order valence-electron chi connectivity index (χ0n) is 14.7. The van der Waals surface area contributed by atoms with Crippen molar-refractivity contribution in [3.8, 4) is 0 Å². The van der Waals surface area contributed by atoms with Crippen LogP contribution in [0.5, 0.6) is 0 Å². The summed E-state index contributed by atoms with van der Waals surface area (Å²) in [5.41, 5.74) is 0. The Labute approximate surface area is 145 Å². The normalized spacial score (nSPS) is 39.7. The fraction of sp³-hybridized carbons (Fsp3) is 0.706. The fourth-order valence-corrected chi connectivity index (χ4v) is 3.57. The van der Waals surface area contributed by atoms with Crippen LogP contribution in [-0.2, 0) is 23.7 Å². The molecule has 8 heteroatoms. The molecule has 0 aromatic carbocycles. The quantitative estimate of drug-likeness (QED) is 0.353. The lowest BCUT2D eigenvalue weighted by Gasteiger charge is -2.27. The minimum atomic E-state index is -0.809. The number of rotatable bonds is 3. The zero-order chi connectivity index (χ0) is 17.8. The van der Waals surface area contributed by atoms with E-state index in [2.05, 4.69) is 0 Å². The van der Waals surface area contributed by atoms with Gasteiger partial charge in [0.05, 0.1) is 12.9 Å². The molecule has 0 amide bonds. The van der Waals surface area contributed by atoms with Crippen molar-refractivity contribution in [2.45, 2.75) is 69.9 Å². The molecule has 1 aromatic heterocycles. The largest absolute Gasteiger partial charge is 0.623 e. The van der Waals surface area contributed by atoms with Crippen LogP contribution >= 0.6 is 0 Å². The summed E-state index contributed by atoms with van der Waals surface area (Å²) in [7, 11) is 0. The number of furan rings is 1. The van der Waals surface area contributed by atoms with Gasteiger partial charge in [-0.25, -0.2) is 0 Å². The van der Waals surface area contributed by atoms with E-state index in [4.69, 9.17) is 28.1 Å². The van der Waals surface area contributed by atoms with Gasteiger partial charge in [-0.05, 0) is 39.8 Å². The molecule has 0 saturated carbocycles. The Bertz CT molecular complexity index is 654. The highest BCUT2D eigenvalue weighted by Gasteiger charge is 2.62. The first-order valence-corrected chi connectivity index (χ1v) is 8.41. The lowest BCUT2D eigenvalue weighted by molar-refractivity contribution is -0.517. The van der Waals surface area contributed by atoms with Crippen LogP contribution in [0.15, 0.2) is 22.8 Å². The standard InChI is InChI=1S/C17H23NO7/c1-16(2)21-9-11(23-16)13-12(18(19)8-10-6-5-7-20-10)14-15(22-13)25-17(3,4)24-14/h5-8,11-15H,9H2,1-4H3/b18-8-/t11-,12-,13-,14-,15-/m1/s1. The second-order valence-corrected chi connectivity index (χ2v) is 7.43. The minimum absolute atomic E-state index is 0.339. The number of nitrogens with zero attached hydrogens (tertiary/aromatic N) is 1. The van der Waals surface area contributed by atoms with Crippen LogP contribution in [0.25, 0.3) is 0 Å². The molecular formula is C17H23NO7. The lowest BCUT2D eigenvalue weighted by atomic mass is 10.0. The second-order valence-electron chi connectivity index (χ2n) is 7.43. The average molecular weight is 353 g/mol. The molecule has 4 heterocycles. The second kappa shape index (κ2) is 5.78. The highest BCUT2D eigenvalue weighted by Crippen LogP contribution is 2.41. The summed E-state index contributed by atoms with van der Waals surface area (Å²) in [6.07, 6.45) is 0.813. The van der Waals surface area contributed by atoms with Crippen LogP contribution < -0.4 is 0 Å². The molecule has 0 spiro atoms. The number of ether oxygens (including phenoxy) is 5. The Balaban J connectivity index is 1.62. The van der Waals surface area contributed by atoms with E-state index in [-0.39, 0.29) is 6.10 Å². The number of hydrogen-bond acceptors (Lipinski definition) is 7. The van der Waals surface area contributed by atoms with Gasteiger partial charge in [-0.15, -0.1) is 0 Å². The highest BCUT2D eigenvalue weighted by molar-refractivity contribution is 5.71. The van der Waals surface area contributed by atoms with E-state index in [0.717, 1.165) is 4.74 Å². The summed E-state index contributed by atoms with van der Waals surface area (Å²) in [5, 5.41) is 12.9. The van der Waals surface area contributed by atoms with Crippen LogP contribution in [0.1, 0.15) is 33.5 Å². The van der Waals surface area contributed by atoms with E-state index in [1.807, 2.05) is 13.8 Å². The van der Waals surface area contributed by atoms with Crippen LogP contribution in [0.4, 0.5) is 0 Å². The summed E-state index contributed by atoms with van der Waals surface area (Å²) < 4.78 is 35.3. The Kier molecular flexibility index (Phi) is 3.93. The fourth-order valence-electron chi connectivity index (χ4n) is 3.57. The maximum Gasteiger partial charge on any atom is 0.222 e. The molecule has 0 aliphatic carbocycles. The van der Waals surface area contributed by atoms with Crippen LogP contribution in [0.2, 0.25) is 0 Å². The van der Waals surface area contributed by atoms with E-state index in [1.165, 1.54) is 12.5 Å². The molecule has 0 unspecified atom stereocenters. The number of hydrogen-bond donors (Lipinski definition) is 0. The molecule has 8 nitrogen and oxygen atoms in total. The lowest BCUT2D eigenvalue weighted by Crippen LogP contribution is -2.47. The third-order valence-electron chi connectivity index (χ3n) is 4.54. The van der Waals surface area contributed by atoms with E-state index in [9.17, 15) is 5.21 Å². The first kappa shape index (κ1) is 17.0. The summed E-state index contributed by atoms with van der Waals surface area (Å²) >= 11 is 0. The highest BCUT2D eigenvalue weighted by atomic mass is 16.8. The van der Waals surface area contributed by atoms with Gasteiger partial charge in [0.2, 0.25) is 12.3 Å². The van der Waals surface area contributed by atoms with Gasteiger partial charge in [0.25, 0.3) is 0 Å². The van der Waals surface area contributed by atoms with Gasteiger partial charge in [0, 0.05) is 0 Å². The average Bonchev–Trinajstić information content (AvgIpc) is 3.22. The third kappa shape index (κ3) is 3.20. The molecule has 5 atom stereocenters. The molecular weight excluding hydrogens is 330 g/mol. The van der Waals surface area contributed by atoms with Crippen molar-refractivity contribution in [3.05, 3.63) is 29.4 Å². The van der Waals surface area contributed by atoms with Crippen molar-refractivity contribution in [1.29, 1.82) is 0 Å². The van der Waals surface area contributed by atoms with Gasteiger partial charge < -0.3 is 33.3 Å². The Morgan fingerprint density at radius 3 is 2.56 bits per heavy atom. The van der Waals surface area contributed by atoms with Crippen molar-refractivity contribution in [1.82, 2.24) is 0 Å². The first-order chi connectivity index (χ1) is 11.7. The van der Waals surface area contributed by atoms with Gasteiger partial charge in [0.1, 0.15) is 6.10 Å². The Hall–Kier alpha value is -1.45. The Morgan fingerprint density at radius 2 is 1.92 bits per heavy atom. The van der Waals surface area contributed by atoms with Crippen molar-refractivity contribution < 1.29 is 32.8 Å². The molecule has 4 rings (SSSR count). The van der Waals surface area contributed by atoms with Crippen molar-refractivity contribution in [3.63, 3.8) is 0 Å². The summed E-state index contributed by atoms with van der Waals surface area (Å²) in [4.78, 5) is 0. The van der Waals surface area contributed by atoms with E-state index in [1.54, 1.807) is 26.0 Å². The van der Waals surface area contributed by atoms with Gasteiger partial charge >= 0.3 is 0 Å². The molecule has 3 aliphatic heterocycles. The predicted molar refractivity (Wildman–Crippen MR) is 84.9 cm³/mol. The molecule has 138 valence electrons. The zero-order valence-corrected chi connectivity index (χ0v) is 14.7. The molecule has 1 aromatic rings. The molecule has 3 fully saturated rings. The molecule has 3 aliphatic rings. The number of hydroxylamine groups is 1. The van der Waals surface area contributed by atoms with Gasteiger partial charge in [-0.2, -0.15) is 4.74 Å². The number of fused-ring (bicyclic) bond motifs is 1. The van der Waals surface area contributed by atoms with Crippen LogP contribution in [-0.4, -0.2) is 59.8 Å². The van der Waals surface area contributed by atoms with Gasteiger partial charge in [0.15, 0.2) is 35.8 Å². The van der Waals surface area contributed by atoms with Crippen molar-refractivity contribution in [2.75, 3.05) is 6.61 Å². The topological polar surface area (TPSA) is 85.4 Å². The first-order valence-electron chi connectivity index (χ1n) is 8.41. The third-order valence-corrected chi connectivity index (χ3v) is 4.54. The molecule has 0 radical (unpaired) electrons. The van der Waals surface area contributed by atoms with E-state index < -0.39 is 36.1 Å². The Morgan fingerprint density at radius 1 is 1.12 bits per heavy atom. The maximum atomic E-state index is 12.9. The van der Waals surface area contributed by atoms with Crippen LogP contribution in [0, 0.1) is 5.21 Å². The van der Waals surface area contributed by atoms with Crippen molar-refractivity contribution >= 4 is 6.21 Å². The van der Waals surface area contributed by atoms with Crippen LogP contribution in [0.3, 0.4) is 0 Å². The summed E-state index contributed by atoms with van der Waals surface area (Å²) in [5.74, 6) is -1.06. The van der Waals surface area contributed by atoms with Crippen molar-refractivity contribution in [2.24, 2.45) is 0 Å². The monoisotopic (exact) mass is 353 g/mol. The van der Waals surface area contributed by atoms with Gasteiger partial charge in [-0.1, -0.05) is 0 Å². The molecule has 0 N–H and O–H groups in total. The maximum absolute atomic E-state index is 12.9. The molecule has 3 saturated heterocycles. The van der Waals surface area contributed by atoms with E-state index in [0.29, 0.717) is 12.4 Å². The molecule has 25 heavy (non-hydrogen) atoms. The SMILES string of the molecule is CC1(C)O[C@H]2O[C@H]([C@H]3COC(C)(C)O3)[C@@H](/[N+]([O-])=C/c3ccco3)[C@H]2O1. The van der Waals surface area contributed by atoms with Gasteiger partial charge in [-0.3, -0.25) is 0 Å². The predicted octanol–water partition coefficient (Wildman–Crippen LogP) is 1.61. The summed E-state index contributed by atoms with van der Waals surface area (Å²) in [6, 6.07) is 2.79. The smallest absolute Gasteiger partial charge is 0.222 e. The van der Waals surface area contributed by atoms with E-state index >= 15 is 0 Å². The molecule has 0 bridgehead atoms. The summed E-state index contributed by atoms with van der Waals surface area (Å²) in [6.45, 7) is 7.59.